The Labute approximate surface area is 129 Å². The molecule has 0 saturated heterocycles. The summed E-state index contributed by atoms with van der Waals surface area (Å²) in [6.45, 7) is 1.24. The SMILES string of the molecule is CC(=O)Oc1ccccc1C(=O)N=S(C)(=O)c1ccccc1. The highest BCUT2D eigenvalue weighted by atomic mass is 32.2. The van der Waals surface area contributed by atoms with E-state index in [1.807, 2.05) is 0 Å². The van der Waals surface area contributed by atoms with Crippen LogP contribution in [0.5, 0.6) is 5.75 Å². The molecule has 0 aromatic heterocycles. The number of ether oxygens (including phenoxy) is 1. The van der Waals surface area contributed by atoms with Crippen molar-refractivity contribution < 1.29 is 18.5 Å². The number of esters is 1. The fraction of sp³-hybridized carbons (Fsp3) is 0.125. The molecule has 0 aliphatic rings. The van der Waals surface area contributed by atoms with E-state index in [1.54, 1.807) is 42.5 Å². The van der Waals surface area contributed by atoms with Crippen molar-refractivity contribution in [1.82, 2.24) is 0 Å². The number of hydrogen-bond donors (Lipinski definition) is 0. The predicted molar refractivity (Wildman–Crippen MR) is 83.3 cm³/mol. The van der Waals surface area contributed by atoms with Crippen LogP contribution in [0.1, 0.15) is 17.3 Å². The monoisotopic (exact) mass is 317 g/mol. The van der Waals surface area contributed by atoms with Gasteiger partial charge in [-0.15, -0.1) is 0 Å². The first-order chi connectivity index (χ1) is 10.4. The molecule has 114 valence electrons. The summed E-state index contributed by atoms with van der Waals surface area (Å²) < 4.78 is 21.4. The molecule has 2 aromatic carbocycles. The number of hydrogen-bond acceptors (Lipinski definition) is 4. The summed E-state index contributed by atoms with van der Waals surface area (Å²) >= 11 is 0. The number of carbonyl (C=O) groups excluding carboxylic acids is 2. The van der Waals surface area contributed by atoms with Crippen molar-refractivity contribution >= 4 is 21.6 Å². The highest BCUT2D eigenvalue weighted by molar-refractivity contribution is 7.93. The van der Waals surface area contributed by atoms with E-state index in [1.165, 1.54) is 25.3 Å². The minimum atomic E-state index is -2.87. The Bertz CT molecular complexity index is 821. The van der Waals surface area contributed by atoms with Gasteiger partial charge in [-0.2, -0.15) is 4.36 Å². The van der Waals surface area contributed by atoms with Gasteiger partial charge in [0.2, 0.25) is 0 Å². The van der Waals surface area contributed by atoms with Crippen molar-refractivity contribution in [3.63, 3.8) is 0 Å². The van der Waals surface area contributed by atoms with Gasteiger partial charge >= 0.3 is 5.97 Å². The molecule has 0 aliphatic heterocycles. The zero-order valence-electron chi connectivity index (χ0n) is 12.2. The Balaban J connectivity index is 2.43. The van der Waals surface area contributed by atoms with Gasteiger partial charge in [0.05, 0.1) is 15.3 Å². The number of nitrogens with zero attached hydrogens (tertiary/aromatic N) is 1. The topological polar surface area (TPSA) is 72.8 Å². The quantitative estimate of drug-likeness (QED) is 0.644. The number of benzene rings is 2. The molecule has 0 heterocycles. The van der Waals surface area contributed by atoms with Crippen LogP contribution in [0, 0.1) is 0 Å². The summed E-state index contributed by atoms with van der Waals surface area (Å²) in [5.41, 5.74) is 0.100. The molecule has 6 heteroatoms. The van der Waals surface area contributed by atoms with E-state index in [-0.39, 0.29) is 11.3 Å². The van der Waals surface area contributed by atoms with Crippen LogP contribution in [0.15, 0.2) is 63.9 Å². The average Bonchev–Trinajstić information content (AvgIpc) is 2.47. The van der Waals surface area contributed by atoms with Crippen molar-refractivity contribution in [2.75, 3.05) is 6.26 Å². The minimum Gasteiger partial charge on any atom is -0.426 e. The van der Waals surface area contributed by atoms with Gasteiger partial charge < -0.3 is 4.74 Å². The van der Waals surface area contributed by atoms with E-state index >= 15 is 0 Å². The zero-order chi connectivity index (χ0) is 16.2. The standard InChI is InChI=1S/C16H15NO4S/c1-12(18)21-15-11-7-6-10-14(15)16(19)17-22(2,20)13-8-4-3-5-9-13/h3-11H,1-2H3. The average molecular weight is 317 g/mol. The Morgan fingerprint density at radius 1 is 1.00 bits per heavy atom. The second-order valence-electron chi connectivity index (χ2n) is 4.60. The van der Waals surface area contributed by atoms with Crippen molar-refractivity contribution in [3.05, 3.63) is 60.2 Å². The van der Waals surface area contributed by atoms with E-state index in [2.05, 4.69) is 4.36 Å². The van der Waals surface area contributed by atoms with E-state index in [0.29, 0.717) is 4.90 Å². The van der Waals surface area contributed by atoms with Crippen LogP contribution >= 0.6 is 0 Å². The molecule has 0 fully saturated rings. The van der Waals surface area contributed by atoms with Gasteiger partial charge in [0, 0.05) is 18.1 Å². The van der Waals surface area contributed by atoms with Crippen LogP contribution in [-0.2, 0) is 14.5 Å². The lowest BCUT2D eigenvalue weighted by atomic mass is 10.2. The molecule has 5 nitrogen and oxygen atoms in total. The first kappa shape index (κ1) is 15.9. The Morgan fingerprint density at radius 2 is 1.59 bits per heavy atom. The molecule has 0 aliphatic carbocycles. The second kappa shape index (κ2) is 6.53. The summed E-state index contributed by atoms with van der Waals surface area (Å²) in [7, 11) is -2.87. The lowest BCUT2D eigenvalue weighted by Gasteiger charge is -2.07. The second-order valence-corrected chi connectivity index (χ2v) is 6.86. The van der Waals surface area contributed by atoms with Crippen LogP contribution in [-0.4, -0.2) is 22.3 Å². The molecule has 0 bridgehead atoms. The molecule has 2 aromatic rings. The van der Waals surface area contributed by atoms with Crippen LogP contribution in [0.3, 0.4) is 0 Å². The van der Waals surface area contributed by atoms with Gasteiger partial charge in [-0.05, 0) is 24.3 Å². The van der Waals surface area contributed by atoms with Gasteiger partial charge in [0.1, 0.15) is 5.75 Å². The fourth-order valence-corrected chi connectivity index (χ4v) is 3.00. The molecule has 2 rings (SSSR count). The van der Waals surface area contributed by atoms with Gasteiger partial charge in [-0.25, -0.2) is 4.21 Å². The van der Waals surface area contributed by atoms with Gasteiger partial charge in [-0.1, -0.05) is 30.3 Å². The highest BCUT2D eigenvalue weighted by Crippen LogP contribution is 2.21. The van der Waals surface area contributed by atoms with Crippen molar-refractivity contribution in [2.24, 2.45) is 4.36 Å². The Hall–Kier alpha value is -2.47. The van der Waals surface area contributed by atoms with Crippen molar-refractivity contribution in [3.8, 4) is 5.75 Å². The van der Waals surface area contributed by atoms with E-state index < -0.39 is 21.6 Å². The summed E-state index contributed by atoms with van der Waals surface area (Å²) in [5, 5.41) is 0. The normalized spacial score (nSPS) is 13.0. The summed E-state index contributed by atoms with van der Waals surface area (Å²) in [6.07, 6.45) is 1.40. The minimum absolute atomic E-state index is 0.100. The summed E-state index contributed by atoms with van der Waals surface area (Å²) in [5.74, 6) is -1.12. The molecule has 0 spiro atoms. The predicted octanol–water partition coefficient (Wildman–Crippen LogP) is 2.91. The van der Waals surface area contributed by atoms with E-state index in [0.717, 1.165) is 0 Å². The maximum absolute atomic E-state index is 12.6. The van der Waals surface area contributed by atoms with Gasteiger partial charge in [-0.3, -0.25) is 9.59 Å². The maximum Gasteiger partial charge on any atom is 0.308 e. The van der Waals surface area contributed by atoms with E-state index in [9.17, 15) is 13.8 Å². The molecular weight excluding hydrogens is 302 g/mol. The number of para-hydroxylation sites is 1. The zero-order valence-corrected chi connectivity index (χ0v) is 13.0. The largest absolute Gasteiger partial charge is 0.426 e. The van der Waals surface area contributed by atoms with Crippen molar-refractivity contribution in [2.45, 2.75) is 11.8 Å². The first-order valence-corrected chi connectivity index (χ1v) is 8.41. The molecule has 0 N–H and O–H groups in total. The van der Waals surface area contributed by atoms with Crippen LogP contribution in [0.2, 0.25) is 0 Å². The van der Waals surface area contributed by atoms with Crippen LogP contribution in [0.4, 0.5) is 0 Å². The van der Waals surface area contributed by atoms with Crippen LogP contribution < -0.4 is 4.74 Å². The lowest BCUT2D eigenvalue weighted by molar-refractivity contribution is -0.131. The molecule has 22 heavy (non-hydrogen) atoms. The molecule has 0 saturated carbocycles. The fourth-order valence-electron chi connectivity index (χ4n) is 1.82. The third-order valence-corrected chi connectivity index (χ3v) is 4.47. The van der Waals surface area contributed by atoms with Crippen LogP contribution in [0.25, 0.3) is 0 Å². The lowest BCUT2D eigenvalue weighted by Crippen LogP contribution is -2.08. The summed E-state index contributed by atoms with van der Waals surface area (Å²) in [4.78, 5) is 23.8. The number of rotatable bonds is 3. The Morgan fingerprint density at radius 3 is 2.23 bits per heavy atom. The van der Waals surface area contributed by atoms with Gasteiger partial charge in [0.25, 0.3) is 5.91 Å². The first-order valence-electron chi connectivity index (χ1n) is 6.49. The molecule has 1 amide bonds. The highest BCUT2D eigenvalue weighted by Gasteiger charge is 2.16. The third-order valence-electron chi connectivity index (χ3n) is 2.81. The maximum atomic E-state index is 12.6. The number of amides is 1. The molecule has 1 unspecified atom stereocenters. The van der Waals surface area contributed by atoms with Crippen molar-refractivity contribution in [1.29, 1.82) is 0 Å². The number of carbonyl (C=O) groups is 2. The Kier molecular flexibility index (Phi) is 4.72. The van der Waals surface area contributed by atoms with E-state index in [4.69, 9.17) is 4.74 Å². The molecule has 0 radical (unpaired) electrons. The smallest absolute Gasteiger partial charge is 0.308 e. The molecular formula is C16H15NO4S. The van der Waals surface area contributed by atoms with Gasteiger partial charge in [0.15, 0.2) is 0 Å². The summed E-state index contributed by atoms with van der Waals surface area (Å²) in [6, 6.07) is 14.8. The molecule has 1 atom stereocenters. The third kappa shape index (κ3) is 3.79.